The summed E-state index contributed by atoms with van der Waals surface area (Å²) < 4.78 is 2.49. The highest BCUT2D eigenvalue weighted by molar-refractivity contribution is 5.41. The van der Waals surface area contributed by atoms with Gasteiger partial charge in [-0.15, -0.1) is 0 Å². The maximum Gasteiger partial charge on any atom is 0.330 e. The number of rotatable bonds is 3. The molecule has 0 saturated carbocycles. The number of nitrogens with one attached hydrogen (secondary N) is 1. The van der Waals surface area contributed by atoms with Crippen LogP contribution >= 0.6 is 0 Å². The molecule has 1 N–H and O–H groups in total. The van der Waals surface area contributed by atoms with Crippen LogP contribution in [0.2, 0.25) is 0 Å². The summed E-state index contributed by atoms with van der Waals surface area (Å²) in [5, 5.41) is 3.06. The zero-order chi connectivity index (χ0) is 12.4. The number of hydrogen-bond donors (Lipinski definition) is 1. The van der Waals surface area contributed by atoms with Crippen molar-refractivity contribution in [3.63, 3.8) is 0 Å². The van der Waals surface area contributed by atoms with Crippen molar-refractivity contribution in [3.8, 4) is 0 Å². The predicted molar refractivity (Wildman–Crippen MR) is 67.3 cm³/mol. The van der Waals surface area contributed by atoms with Gasteiger partial charge in [0.1, 0.15) is 5.69 Å². The molecule has 1 heterocycles. The molecule has 90 valence electrons. The van der Waals surface area contributed by atoms with Crippen LogP contribution in [0.25, 0.3) is 0 Å². The number of aromatic nitrogens is 2. The molecule has 0 radical (unpaired) electrons. The molecule has 2 rings (SSSR count). The lowest BCUT2D eigenvalue weighted by atomic mass is 10.2. The fraction of sp³-hybridized carbons (Fsp3) is 0.333. The second kappa shape index (κ2) is 4.45. The molecule has 0 aliphatic heterocycles. The van der Waals surface area contributed by atoms with Crippen LogP contribution in [0.5, 0.6) is 0 Å². The highest BCUT2D eigenvalue weighted by Crippen LogP contribution is 2.10. The molecular weight excluding hydrogens is 218 g/mol. The molecule has 0 unspecified atom stereocenters. The van der Waals surface area contributed by atoms with Crippen LogP contribution in [-0.2, 0) is 14.1 Å². The fourth-order valence-electron chi connectivity index (χ4n) is 1.76. The third-order valence-electron chi connectivity index (χ3n) is 2.80. The maximum atomic E-state index is 11.8. The third-order valence-corrected chi connectivity index (χ3v) is 2.80. The van der Waals surface area contributed by atoms with Gasteiger partial charge in [-0.25, -0.2) is 4.79 Å². The van der Waals surface area contributed by atoms with Gasteiger partial charge in [-0.2, -0.15) is 0 Å². The first-order valence-electron chi connectivity index (χ1n) is 5.44. The minimum atomic E-state index is -0.317. The zero-order valence-corrected chi connectivity index (χ0v) is 9.93. The van der Waals surface area contributed by atoms with E-state index in [-0.39, 0.29) is 11.2 Å². The lowest BCUT2D eigenvalue weighted by molar-refractivity contribution is 0.688. The fourth-order valence-corrected chi connectivity index (χ4v) is 1.76. The SMILES string of the molecule is Cn1cc(NCC2=CC=CC2)c(=O)n(C)c1=O. The van der Waals surface area contributed by atoms with Gasteiger partial charge >= 0.3 is 5.69 Å². The van der Waals surface area contributed by atoms with Gasteiger partial charge < -0.3 is 9.88 Å². The minimum Gasteiger partial charge on any atom is -0.376 e. The predicted octanol–water partition coefficient (Wildman–Crippen LogP) is 0.382. The van der Waals surface area contributed by atoms with E-state index in [9.17, 15) is 9.59 Å². The molecule has 0 amide bonds. The molecule has 0 aromatic carbocycles. The van der Waals surface area contributed by atoms with E-state index < -0.39 is 0 Å². The molecule has 17 heavy (non-hydrogen) atoms. The summed E-state index contributed by atoms with van der Waals surface area (Å²) in [6.45, 7) is 0.625. The van der Waals surface area contributed by atoms with Gasteiger partial charge in [-0.3, -0.25) is 9.36 Å². The van der Waals surface area contributed by atoms with E-state index in [0.29, 0.717) is 12.2 Å². The van der Waals surface area contributed by atoms with Crippen molar-refractivity contribution in [1.29, 1.82) is 0 Å². The van der Waals surface area contributed by atoms with Gasteiger partial charge in [0, 0.05) is 26.8 Å². The molecule has 0 bridgehead atoms. The first-order chi connectivity index (χ1) is 8.09. The summed E-state index contributed by atoms with van der Waals surface area (Å²) in [7, 11) is 3.11. The Bertz CT molecular complexity index is 605. The Morgan fingerprint density at radius 1 is 1.35 bits per heavy atom. The quantitative estimate of drug-likeness (QED) is 0.821. The summed E-state index contributed by atoms with van der Waals surface area (Å²) in [6, 6.07) is 0. The lowest BCUT2D eigenvalue weighted by Crippen LogP contribution is -2.37. The van der Waals surface area contributed by atoms with E-state index in [1.54, 1.807) is 7.05 Å². The Morgan fingerprint density at radius 3 is 2.76 bits per heavy atom. The summed E-state index contributed by atoms with van der Waals surface area (Å²) in [6.07, 6.45) is 8.54. The molecule has 0 saturated heterocycles. The molecule has 1 aliphatic carbocycles. The number of nitrogens with zero attached hydrogens (tertiary/aromatic N) is 2. The Balaban J connectivity index is 2.22. The van der Waals surface area contributed by atoms with E-state index in [1.165, 1.54) is 23.4 Å². The Hall–Kier alpha value is -2.04. The first kappa shape index (κ1) is 11.4. The Kier molecular flexibility index (Phi) is 2.99. The normalized spacial score (nSPS) is 13.9. The molecule has 0 fully saturated rings. The van der Waals surface area contributed by atoms with Crippen molar-refractivity contribution in [2.75, 3.05) is 11.9 Å². The van der Waals surface area contributed by atoms with Crippen molar-refractivity contribution in [2.24, 2.45) is 14.1 Å². The molecule has 1 aliphatic rings. The van der Waals surface area contributed by atoms with E-state index in [2.05, 4.69) is 11.4 Å². The maximum absolute atomic E-state index is 11.8. The smallest absolute Gasteiger partial charge is 0.330 e. The summed E-state index contributed by atoms with van der Waals surface area (Å²) in [5.41, 5.74) is 1.06. The van der Waals surface area contributed by atoms with Gasteiger partial charge in [-0.05, 0) is 12.0 Å². The van der Waals surface area contributed by atoms with Gasteiger partial charge in [0.25, 0.3) is 5.56 Å². The average Bonchev–Trinajstić information content (AvgIpc) is 2.82. The molecular formula is C12H15N3O2. The largest absolute Gasteiger partial charge is 0.376 e. The molecule has 5 nitrogen and oxygen atoms in total. The zero-order valence-electron chi connectivity index (χ0n) is 9.93. The lowest BCUT2D eigenvalue weighted by Gasteiger charge is -2.09. The first-order valence-corrected chi connectivity index (χ1v) is 5.44. The number of hydrogen-bond acceptors (Lipinski definition) is 3. The summed E-state index contributed by atoms with van der Waals surface area (Å²) >= 11 is 0. The number of anilines is 1. The van der Waals surface area contributed by atoms with E-state index in [0.717, 1.165) is 11.0 Å². The van der Waals surface area contributed by atoms with E-state index in [1.807, 2.05) is 12.2 Å². The average molecular weight is 233 g/mol. The van der Waals surface area contributed by atoms with Crippen LogP contribution in [0.15, 0.2) is 39.6 Å². The second-order valence-electron chi connectivity index (χ2n) is 4.11. The molecule has 5 heteroatoms. The number of allylic oxidation sites excluding steroid dienone is 3. The topological polar surface area (TPSA) is 56.0 Å². The highest BCUT2D eigenvalue weighted by atomic mass is 16.2. The van der Waals surface area contributed by atoms with Crippen molar-refractivity contribution in [2.45, 2.75) is 6.42 Å². The second-order valence-corrected chi connectivity index (χ2v) is 4.11. The van der Waals surface area contributed by atoms with Crippen LogP contribution in [-0.4, -0.2) is 15.7 Å². The van der Waals surface area contributed by atoms with Crippen LogP contribution in [0.3, 0.4) is 0 Å². The van der Waals surface area contributed by atoms with Gasteiger partial charge in [0.15, 0.2) is 0 Å². The summed E-state index contributed by atoms with van der Waals surface area (Å²) in [5.74, 6) is 0. The third kappa shape index (κ3) is 2.22. The van der Waals surface area contributed by atoms with E-state index in [4.69, 9.17) is 0 Å². The van der Waals surface area contributed by atoms with Crippen molar-refractivity contribution in [1.82, 2.24) is 9.13 Å². The van der Waals surface area contributed by atoms with Crippen LogP contribution < -0.4 is 16.6 Å². The molecule has 0 atom stereocenters. The van der Waals surface area contributed by atoms with Crippen LogP contribution in [0.4, 0.5) is 5.69 Å². The number of aryl methyl sites for hydroxylation is 1. The van der Waals surface area contributed by atoms with E-state index >= 15 is 0 Å². The van der Waals surface area contributed by atoms with Gasteiger partial charge in [0.2, 0.25) is 0 Å². The minimum absolute atomic E-state index is 0.292. The van der Waals surface area contributed by atoms with Crippen LogP contribution in [0.1, 0.15) is 6.42 Å². The summed E-state index contributed by atoms with van der Waals surface area (Å²) in [4.78, 5) is 23.3. The van der Waals surface area contributed by atoms with Crippen molar-refractivity contribution >= 4 is 5.69 Å². The van der Waals surface area contributed by atoms with Crippen LogP contribution in [0, 0.1) is 0 Å². The molecule has 0 spiro atoms. The monoisotopic (exact) mass is 233 g/mol. The van der Waals surface area contributed by atoms with Crippen molar-refractivity contribution in [3.05, 3.63) is 50.8 Å². The molecule has 1 aromatic rings. The van der Waals surface area contributed by atoms with Gasteiger partial charge in [-0.1, -0.05) is 18.2 Å². The Morgan fingerprint density at radius 2 is 2.12 bits per heavy atom. The Labute approximate surface area is 98.7 Å². The molecule has 1 aromatic heterocycles. The van der Waals surface area contributed by atoms with Gasteiger partial charge in [0.05, 0.1) is 0 Å². The van der Waals surface area contributed by atoms with Crippen molar-refractivity contribution < 1.29 is 0 Å². The standard InChI is InChI=1S/C12H15N3O2/c1-14-8-10(11(16)15(2)12(14)17)13-7-9-5-3-4-6-9/h3-5,8,13H,6-7H2,1-2H3. The highest BCUT2D eigenvalue weighted by Gasteiger charge is 2.07.